The second-order valence-electron chi connectivity index (χ2n) is 6.58. The zero-order valence-electron chi connectivity index (χ0n) is 16.1. The fourth-order valence-electron chi connectivity index (χ4n) is 2.66. The molecule has 0 atom stereocenters. The van der Waals surface area contributed by atoms with Crippen LogP contribution in [0.5, 0.6) is 0 Å². The highest BCUT2D eigenvalue weighted by Crippen LogP contribution is 2.15. The number of nitrogens with zero attached hydrogens (tertiary/aromatic N) is 3. The third-order valence-electron chi connectivity index (χ3n) is 4.28. The number of hydrogen-bond donors (Lipinski definition) is 1. The predicted molar refractivity (Wildman–Crippen MR) is 112 cm³/mol. The van der Waals surface area contributed by atoms with E-state index < -0.39 is 0 Å². The molecule has 0 saturated carbocycles. The minimum atomic E-state index is -0.236. The summed E-state index contributed by atoms with van der Waals surface area (Å²) in [6.45, 7) is 0. The molecule has 0 unspecified atom stereocenters. The maximum absolute atomic E-state index is 12.4. The van der Waals surface area contributed by atoms with Gasteiger partial charge in [0, 0.05) is 56.6 Å². The molecule has 1 amide bonds. The number of hydrogen-bond acceptors (Lipinski definition) is 4. The maximum atomic E-state index is 12.4. The van der Waals surface area contributed by atoms with Crippen LogP contribution in [0.25, 0.3) is 6.08 Å². The van der Waals surface area contributed by atoms with Gasteiger partial charge in [0.1, 0.15) is 0 Å². The normalized spacial score (nSPS) is 10.8. The molecular weight excluding hydrogens is 352 g/mol. The molecule has 1 aromatic heterocycles. The Bertz CT molecular complexity index is 1000. The molecule has 0 fully saturated rings. The summed E-state index contributed by atoms with van der Waals surface area (Å²) in [6, 6.07) is 14.7. The van der Waals surface area contributed by atoms with E-state index in [4.69, 9.17) is 0 Å². The first kappa shape index (κ1) is 19.1. The summed E-state index contributed by atoms with van der Waals surface area (Å²) in [7, 11) is 5.73. The van der Waals surface area contributed by atoms with E-state index in [-0.39, 0.29) is 11.7 Å². The van der Waals surface area contributed by atoms with Crippen molar-refractivity contribution in [2.24, 2.45) is 7.05 Å². The molecule has 3 rings (SSSR count). The van der Waals surface area contributed by atoms with Gasteiger partial charge in [-0.1, -0.05) is 12.1 Å². The van der Waals surface area contributed by atoms with E-state index in [1.807, 2.05) is 43.3 Å². The molecule has 1 heterocycles. The lowest BCUT2D eigenvalue weighted by molar-refractivity contribution is -0.111. The van der Waals surface area contributed by atoms with Crippen LogP contribution in [0.4, 0.5) is 11.4 Å². The molecule has 6 nitrogen and oxygen atoms in total. The molecule has 0 bridgehead atoms. The molecule has 2 aromatic carbocycles. The Kier molecular flexibility index (Phi) is 5.69. The highest BCUT2D eigenvalue weighted by molar-refractivity contribution is 6.07. The zero-order chi connectivity index (χ0) is 20.1. The number of aryl methyl sites for hydroxylation is 1. The summed E-state index contributed by atoms with van der Waals surface area (Å²) in [6.07, 6.45) is 6.55. The molecule has 0 saturated heterocycles. The van der Waals surface area contributed by atoms with Crippen molar-refractivity contribution in [3.8, 4) is 0 Å². The Hall–Kier alpha value is -3.67. The summed E-state index contributed by atoms with van der Waals surface area (Å²) in [4.78, 5) is 30.6. The predicted octanol–water partition coefficient (Wildman–Crippen LogP) is 3.37. The van der Waals surface area contributed by atoms with Gasteiger partial charge in [0.15, 0.2) is 5.82 Å². The van der Waals surface area contributed by atoms with Crippen LogP contribution in [-0.4, -0.2) is 35.3 Å². The van der Waals surface area contributed by atoms with E-state index >= 15 is 0 Å². The number of amides is 1. The summed E-state index contributed by atoms with van der Waals surface area (Å²) >= 11 is 0. The van der Waals surface area contributed by atoms with Crippen LogP contribution in [-0.2, 0) is 11.8 Å². The van der Waals surface area contributed by atoms with Crippen molar-refractivity contribution < 1.29 is 9.59 Å². The van der Waals surface area contributed by atoms with Gasteiger partial charge in [-0.3, -0.25) is 9.59 Å². The lowest BCUT2D eigenvalue weighted by Crippen LogP contribution is -2.10. The number of ketones is 1. The van der Waals surface area contributed by atoms with E-state index in [9.17, 15) is 9.59 Å². The molecule has 0 aliphatic rings. The third kappa shape index (κ3) is 4.54. The van der Waals surface area contributed by atoms with Crippen molar-refractivity contribution >= 4 is 29.1 Å². The first-order valence-electron chi connectivity index (χ1n) is 8.82. The van der Waals surface area contributed by atoms with Crippen molar-refractivity contribution in [2.75, 3.05) is 24.3 Å². The van der Waals surface area contributed by atoms with E-state index in [1.54, 1.807) is 54.3 Å². The van der Waals surface area contributed by atoms with Gasteiger partial charge in [-0.15, -0.1) is 0 Å². The number of anilines is 2. The molecule has 142 valence electrons. The van der Waals surface area contributed by atoms with Crippen LogP contribution < -0.4 is 10.2 Å². The largest absolute Gasteiger partial charge is 0.378 e. The average molecular weight is 374 g/mol. The van der Waals surface area contributed by atoms with E-state index in [0.717, 1.165) is 11.3 Å². The molecule has 0 spiro atoms. The number of nitrogens with one attached hydrogen (secondary N) is 1. The van der Waals surface area contributed by atoms with Gasteiger partial charge in [-0.05, 0) is 48.0 Å². The standard InChI is InChI=1S/C22H22N4O2/c1-25(2)19-11-4-16(5-12-19)6-13-20(27)24-18-9-7-17(8-10-18)21(28)22-23-14-15-26(22)3/h4-15H,1-3H3,(H,24,27)/b13-6+. The summed E-state index contributed by atoms with van der Waals surface area (Å²) in [5.74, 6) is -0.0219. The second kappa shape index (κ2) is 8.35. The second-order valence-corrected chi connectivity index (χ2v) is 6.58. The Labute approximate surface area is 164 Å². The van der Waals surface area contributed by atoms with Crippen LogP contribution in [0.15, 0.2) is 67.0 Å². The van der Waals surface area contributed by atoms with Gasteiger partial charge in [-0.25, -0.2) is 4.98 Å². The first-order valence-corrected chi connectivity index (χ1v) is 8.82. The van der Waals surface area contributed by atoms with E-state index in [1.165, 1.54) is 6.08 Å². The summed E-state index contributed by atoms with van der Waals surface area (Å²) in [5.41, 5.74) is 3.18. The first-order chi connectivity index (χ1) is 13.4. The Morgan fingerprint density at radius 1 is 1.04 bits per heavy atom. The summed E-state index contributed by atoms with van der Waals surface area (Å²) < 4.78 is 1.67. The number of aromatic nitrogens is 2. The maximum Gasteiger partial charge on any atom is 0.248 e. The zero-order valence-corrected chi connectivity index (χ0v) is 16.1. The van der Waals surface area contributed by atoms with E-state index in [2.05, 4.69) is 10.3 Å². The van der Waals surface area contributed by atoms with Gasteiger partial charge in [0.2, 0.25) is 11.7 Å². The Morgan fingerprint density at radius 2 is 1.71 bits per heavy atom. The molecular formula is C22H22N4O2. The number of carbonyl (C=O) groups is 2. The van der Waals surface area contributed by atoms with Crippen molar-refractivity contribution in [1.29, 1.82) is 0 Å². The molecule has 0 aliphatic heterocycles. The molecule has 0 aliphatic carbocycles. The number of imidazole rings is 1. The van der Waals surface area contributed by atoms with Gasteiger partial charge in [0.25, 0.3) is 0 Å². The molecule has 0 radical (unpaired) electrons. The van der Waals surface area contributed by atoms with Crippen molar-refractivity contribution in [3.63, 3.8) is 0 Å². The SMILES string of the molecule is CN(C)c1ccc(/C=C/C(=O)Nc2ccc(C(=O)c3nccn3C)cc2)cc1. The van der Waals surface area contributed by atoms with E-state index in [0.29, 0.717) is 17.1 Å². The fraction of sp³-hybridized carbons (Fsp3) is 0.136. The Morgan fingerprint density at radius 3 is 2.29 bits per heavy atom. The summed E-state index contributed by atoms with van der Waals surface area (Å²) in [5, 5.41) is 2.79. The van der Waals surface area contributed by atoms with Gasteiger partial charge >= 0.3 is 0 Å². The number of rotatable bonds is 6. The van der Waals surface area contributed by atoms with Crippen LogP contribution in [0.2, 0.25) is 0 Å². The topological polar surface area (TPSA) is 67.2 Å². The van der Waals surface area contributed by atoms with Crippen LogP contribution in [0.1, 0.15) is 21.7 Å². The minimum absolute atomic E-state index is 0.161. The lowest BCUT2D eigenvalue weighted by Gasteiger charge is -2.11. The molecule has 6 heteroatoms. The molecule has 3 aromatic rings. The number of benzene rings is 2. The minimum Gasteiger partial charge on any atom is -0.378 e. The van der Waals surface area contributed by atoms with Crippen LogP contribution in [0.3, 0.4) is 0 Å². The Balaban J connectivity index is 1.61. The van der Waals surface area contributed by atoms with Crippen molar-refractivity contribution in [2.45, 2.75) is 0 Å². The van der Waals surface area contributed by atoms with Crippen molar-refractivity contribution in [3.05, 3.63) is 84.0 Å². The smallest absolute Gasteiger partial charge is 0.248 e. The quantitative estimate of drug-likeness (QED) is 0.531. The third-order valence-corrected chi connectivity index (χ3v) is 4.28. The van der Waals surface area contributed by atoms with Gasteiger partial charge < -0.3 is 14.8 Å². The van der Waals surface area contributed by atoms with Gasteiger partial charge in [-0.2, -0.15) is 0 Å². The molecule has 1 N–H and O–H groups in total. The van der Waals surface area contributed by atoms with Gasteiger partial charge in [0.05, 0.1) is 0 Å². The average Bonchev–Trinajstić information content (AvgIpc) is 3.12. The van der Waals surface area contributed by atoms with Crippen LogP contribution in [0, 0.1) is 0 Å². The lowest BCUT2D eigenvalue weighted by atomic mass is 10.1. The van der Waals surface area contributed by atoms with Crippen molar-refractivity contribution in [1.82, 2.24) is 9.55 Å². The monoisotopic (exact) mass is 374 g/mol. The number of carbonyl (C=O) groups excluding carboxylic acids is 2. The fourth-order valence-corrected chi connectivity index (χ4v) is 2.66. The highest BCUT2D eigenvalue weighted by atomic mass is 16.1. The molecule has 28 heavy (non-hydrogen) atoms. The van der Waals surface area contributed by atoms with Crippen LogP contribution >= 0.6 is 0 Å². The highest BCUT2D eigenvalue weighted by Gasteiger charge is 2.13.